The van der Waals surface area contributed by atoms with Crippen LogP contribution >= 0.6 is 11.6 Å². The number of nitriles is 1. The van der Waals surface area contributed by atoms with Crippen LogP contribution in [-0.2, 0) is 4.79 Å². The SMILES string of the molecule is Cc1ccc(OCC(=O)N(CCC#N)c2cccc(Cl)c2)c([N+](=O)[O-])c1. The van der Waals surface area contributed by atoms with E-state index in [0.29, 0.717) is 16.3 Å². The minimum atomic E-state index is -0.558. The van der Waals surface area contributed by atoms with Gasteiger partial charge < -0.3 is 9.64 Å². The molecule has 2 rings (SSSR count). The Balaban J connectivity index is 2.18. The normalized spacial score (nSPS) is 10.0. The minimum Gasteiger partial charge on any atom is -0.477 e. The summed E-state index contributed by atoms with van der Waals surface area (Å²) in [4.78, 5) is 24.5. The topological polar surface area (TPSA) is 96.5 Å². The fraction of sp³-hybridized carbons (Fsp3) is 0.222. The number of hydrogen-bond donors (Lipinski definition) is 0. The lowest BCUT2D eigenvalue weighted by Gasteiger charge is -2.22. The van der Waals surface area contributed by atoms with Crippen molar-refractivity contribution >= 4 is 28.9 Å². The molecule has 0 aliphatic heterocycles. The standard InChI is InChI=1S/C18H16ClN3O4/c1-13-6-7-17(16(10-13)22(24)25)26-12-18(23)21(9-3-8-20)15-5-2-4-14(19)11-15/h2,4-7,10-11H,3,9,12H2,1H3. The number of carbonyl (C=O) groups is 1. The van der Waals surface area contributed by atoms with E-state index in [4.69, 9.17) is 21.6 Å². The quantitative estimate of drug-likeness (QED) is 0.542. The van der Waals surface area contributed by atoms with E-state index in [9.17, 15) is 14.9 Å². The van der Waals surface area contributed by atoms with Gasteiger partial charge in [0.1, 0.15) is 0 Å². The zero-order valence-electron chi connectivity index (χ0n) is 14.0. The van der Waals surface area contributed by atoms with Crippen LogP contribution in [0.3, 0.4) is 0 Å². The van der Waals surface area contributed by atoms with Crippen molar-refractivity contribution in [3.8, 4) is 11.8 Å². The van der Waals surface area contributed by atoms with Gasteiger partial charge in [-0.3, -0.25) is 14.9 Å². The number of nitro groups is 1. The second kappa shape index (κ2) is 8.83. The molecule has 0 fully saturated rings. The molecular formula is C18H16ClN3O4. The van der Waals surface area contributed by atoms with E-state index in [1.54, 1.807) is 37.3 Å². The Hall–Kier alpha value is -3.11. The van der Waals surface area contributed by atoms with Gasteiger partial charge in [-0.25, -0.2) is 0 Å². The monoisotopic (exact) mass is 373 g/mol. The van der Waals surface area contributed by atoms with Crippen LogP contribution in [0.1, 0.15) is 12.0 Å². The van der Waals surface area contributed by atoms with Gasteiger partial charge in [0.25, 0.3) is 5.91 Å². The van der Waals surface area contributed by atoms with Crippen molar-refractivity contribution in [3.05, 3.63) is 63.2 Å². The summed E-state index contributed by atoms with van der Waals surface area (Å²) in [5, 5.41) is 20.4. The van der Waals surface area contributed by atoms with Gasteiger partial charge in [-0.15, -0.1) is 0 Å². The lowest BCUT2D eigenvalue weighted by molar-refractivity contribution is -0.385. The van der Waals surface area contributed by atoms with Crippen molar-refractivity contribution < 1.29 is 14.5 Å². The van der Waals surface area contributed by atoms with Gasteiger partial charge in [0, 0.05) is 23.3 Å². The molecule has 2 aromatic rings. The Morgan fingerprint density at radius 3 is 2.77 bits per heavy atom. The van der Waals surface area contributed by atoms with Crippen LogP contribution in [-0.4, -0.2) is 24.0 Å². The van der Waals surface area contributed by atoms with Crippen LogP contribution in [0.25, 0.3) is 0 Å². The summed E-state index contributed by atoms with van der Waals surface area (Å²) in [6.45, 7) is 1.49. The summed E-state index contributed by atoms with van der Waals surface area (Å²) in [6.07, 6.45) is 0.128. The second-order valence-electron chi connectivity index (χ2n) is 5.45. The van der Waals surface area contributed by atoms with E-state index >= 15 is 0 Å². The van der Waals surface area contributed by atoms with Gasteiger partial charge in [-0.05, 0) is 36.8 Å². The van der Waals surface area contributed by atoms with Crippen molar-refractivity contribution in [1.82, 2.24) is 0 Å². The zero-order valence-corrected chi connectivity index (χ0v) is 14.8. The highest BCUT2D eigenvalue weighted by Crippen LogP contribution is 2.28. The molecule has 0 aliphatic rings. The van der Waals surface area contributed by atoms with Gasteiger partial charge in [0.15, 0.2) is 12.4 Å². The molecule has 0 radical (unpaired) electrons. The van der Waals surface area contributed by atoms with Crippen molar-refractivity contribution in [1.29, 1.82) is 5.26 Å². The van der Waals surface area contributed by atoms with E-state index in [1.807, 2.05) is 6.07 Å². The summed E-state index contributed by atoms with van der Waals surface area (Å²) >= 11 is 5.96. The van der Waals surface area contributed by atoms with Gasteiger partial charge in [-0.1, -0.05) is 23.7 Å². The maximum absolute atomic E-state index is 12.6. The van der Waals surface area contributed by atoms with E-state index < -0.39 is 17.4 Å². The number of carbonyl (C=O) groups excluding carboxylic acids is 1. The lowest BCUT2D eigenvalue weighted by Crippen LogP contribution is -2.35. The van der Waals surface area contributed by atoms with Crippen LogP contribution < -0.4 is 9.64 Å². The second-order valence-corrected chi connectivity index (χ2v) is 5.89. The molecular weight excluding hydrogens is 358 g/mol. The third-order valence-corrected chi connectivity index (χ3v) is 3.77. The Morgan fingerprint density at radius 1 is 1.35 bits per heavy atom. The van der Waals surface area contributed by atoms with Crippen LogP contribution in [0.15, 0.2) is 42.5 Å². The molecule has 0 unspecified atom stereocenters. The van der Waals surface area contributed by atoms with Crippen LogP contribution in [0.5, 0.6) is 5.75 Å². The minimum absolute atomic E-state index is 0.0141. The fourth-order valence-electron chi connectivity index (χ4n) is 2.31. The Labute approximate surface area is 155 Å². The smallest absolute Gasteiger partial charge is 0.311 e. The van der Waals surface area contributed by atoms with E-state index in [1.165, 1.54) is 17.0 Å². The molecule has 0 N–H and O–H groups in total. The lowest BCUT2D eigenvalue weighted by atomic mass is 10.2. The van der Waals surface area contributed by atoms with Crippen molar-refractivity contribution in [3.63, 3.8) is 0 Å². The number of anilines is 1. The average molecular weight is 374 g/mol. The molecule has 0 aromatic heterocycles. The van der Waals surface area contributed by atoms with Crippen molar-refractivity contribution in [2.45, 2.75) is 13.3 Å². The molecule has 0 saturated carbocycles. The number of benzene rings is 2. The van der Waals surface area contributed by atoms with Crippen LogP contribution in [0.4, 0.5) is 11.4 Å². The molecule has 0 saturated heterocycles. The molecule has 7 nitrogen and oxygen atoms in total. The van der Waals surface area contributed by atoms with Crippen LogP contribution in [0.2, 0.25) is 5.02 Å². The summed E-state index contributed by atoms with van der Waals surface area (Å²) in [5.74, 6) is -0.419. The number of hydrogen-bond acceptors (Lipinski definition) is 5. The number of nitro benzene ring substituents is 1. The first-order valence-electron chi connectivity index (χ1n) is 7.73. The van der Waals surface area contributed by atoms with Gasteiger partial charge >= 0.3 is 5.69 Å². The van der Waals surface area contributed by atoms with E-state index in [0.717, 1.165) is 0 Å². The molecule has 0 aliphatic carbocycles. The maximum atomic E-state index is 12.6. The summed E-state index contributed by atoms with van der Waals surface area (Å²) in [5.41, 5.74) is 1.04. The average Bonchev–Trinajstić information content (AvgIpc) is 2.61. The first-order chi connectivity index (χ1) is 12.4. The Morgan fingerprint density at radius 2 is 2.12 bits per heavy atom. The number of amides is 1. The van der Waals surface area contributed by atoms with E-state index in [-0.39, 0.29) is 24.4 Å². The highest BCUT2D eigenvalue weighted by Gasteiger charge is 2.20. The number of rotatable bonds is 7. The zero-order chi connectivity index (χ0) is 19.1. The number of ether oxygens (including phenoxy) is 1. The van der Waals surface area contributed by atoms with Gasteiger partial charge in [0.05, 0.1) is 17.4 Å². The predicted molar refractivity (Wildman–Crippen MR) is 97.4 cm³/mol. The number of nitrogens with zero attached hydrogens (tertiary/aromatic N) is 3. The summed E-state index contributed by atoms with van der Waals surface area (Å²) in [7, 11) is 0. The highest BCUT2D eigenvalue weighted by atomic mass is 35.5. The molecule has 1 amide bonds. The largest absolute Gasteiger partial charge is 0.477 e. The molecule has 8 heteroatoms. The van der Waals surface area contributed by atoms with E-state index in [2.05, 4.69) is 0 Å². The fourth-order valence-corrected chi connectivity index (χ4v) is 2.50. The predicted octanol–water partition coefficient (Wildman–Crippen LogP) is 3.88. The third kappa shape index (κ3) is 4.94. The van der Waals surface area contributed by atoms with Crippen molar-refractivity contribution in [2.75, 3.05) is 18.1 Å². The third-order valence-electron chi connectivity index (χ3n) is 3.53. The Kier molecular flexibility index (Phi) is 6.53. The molecule has 0 bridgehead atoms. The first kappa shape index (κ1) is 19.2. The number of aryl methyl sites for hydroxylation is 1. The highest BCUT2D eigenvalue weighted by molar-refractivity contribution is 6.30. The van der Waals surface area contributed by atoms with Crippen molar-refractivity contribution in [2.24, 2.45) is 0 Å². The maximum Gasteiger partial charge on any atom is 0.311 e. The molecule has 0 atom stereocenters. The van der Waals surface area contributed by atoms with Gasteiger partial charge in [0.2, 0.25) is 0 Å². The molecule has 2 aromatic carbocycles. The number of halogens is 1. The van der Waals surface area contributed by atoms with Crippen LogP contribution in [0, 0.1) is 28.4 Å². The first-order valence-corrected chi connectivity index (χ1v) is 8.11. The Bertz CT molecular complexity index is 864. The molecule has 0 spiro atoms. The van der Waals surface area contributed by atoms with Gasteiger partial charge in [-0.2, -0.15) is 5.26 Å². The summed E-state index contributed by atoms with van der Waals surface area (Å²) < 4.78 is 5.38. The molecule has 134 valence electrons. The molecule has 0 heterocycles. The molecule has 26 heavy (non-hydrogen) atoms. The summed E-state index contributed by atoms with van der Waals surface area (Å²) in [6, 6.07) is 13.1.